The highest BCUT2D eigenvalue weighted by Gasteiger charge is 2.22. The first-order valence-electron chi connectivity index (χ1n) is 5.81. The van der Waals surface area contributed by atoms with Crippen molar-refractivity contribution in [2.24, 2.45) is 5.73 Å². The number of hydrogen-bond donors (Lipinski definition) is 2. The van der Waals surface area contributed by atoms with Gasteiger partial charge in [0, 0.05) is 6.04 Å². The molecule has 1 aromatic carbocycles. The molecule has 3 heteroatoms. The molecule has 1 aliphatic rings. The third kappa shape index (κ3) is 2.25. The number of carbonyl (C=O) groups is 1. The quantitative estimate of drug-likeness (QED) is 0.808. The molecule has 0 fully saturated rings. The molecule has 86 valence electrons. The van der Waals surface area contributed by atoms with Gasteiger partial charge >= 0.3 is 0 Å². The van der Waals surface area contributed by atoms with Crippen molar-refractivity contribution >= 4 is 5.91 Å². The monoisotopic (exact) mass is 218 g/mol. The van der Waals surface area contributed by atoms with E-state index < -0.39 is 0 Å². The molecule has 0 radical (unpaired) electrons. The second-order valence-corrected chi connectivity index (χ2v) is 4.43. The van der Waals surface area contributed by atoms with Crippen LogP contribution in [0.5, 0.6) is 0 Å². The molecule has 1 aliphatic carbocycles. The van der Waals surface area contributed by atoms with Crippen molar-refractivity contribution in [2.45, 2.75) is 38.3 Å². The minimum Gasteiger partial charge on any atom is -0.368 e. The Hall–Kier alpha value is -1.35. The summed E-state index contributed by atoms with van der Waals surface area (Å²) in [7, 11) is 0. The number of carbonyl (C=O) groups excluding carboxylic acids is 1. The average Bonchev–Trinajstić information content (AvgIpc) is 2.29. The van der Waals surface area contributed by atoms with Crippen molar-refractivity contribution in [2.75, 3.05) is 0 Å². The SMILES string of the molecule is CC(NC1CCCc2ccccc21)C(N)=O. The second kappa shape index (κ2) is 4.66. The first kappa shape index (κ1) is 11.1. The molecule has 1 amide bonds. The van der Waals surface area contributed by atoms with E-state index in [1.165, 1.54) is 17.5 Å². The number of hydrogen-bond acceptors (Lipinski definition) is 2. The minimum atomic E-state index is -0.289. The summed E-state index contributed by atoms with van der Waals surface area (Å²) in [4.78, 5) is 11.0. The van der Waals surface area contributed by atoms with Crippen LogP contribution in [-0.2, 0) is 11.2 Å². The third-order valence-corrected chi connectivity index (χ3v) is 3.25. The predicted molar refractivity (Wildman–Crippen MR) is 63.9 cm³/mol. The van der Waals surface area contributed by atoms with Crippen LogP contribution in [0.2, 0.25) is 0 Å². The molecule has 0 spiro atoms. The van der Waals surface area contributed by atoms with E-state index in [0.717, 1.165) is 12.8 Å². The summed E-state index contributed by atoms with van der Waals surface area (Å²) in [5.41, 5.74) is 7.98. The Morgan fingerprint density at radius 2 is 2.25 bits per heavy atom. The molecule has 0 heterocycles. The molecule has 0 aliphatic heterocycles. The van der Waals surface area contributed by atoms with E-state index >= 15 is 0 Å². The highest BCUT2D eigenvalue weighted by Crippen LogP contribution is 2.29. The Bertz CT molecular complexity index is 389. The molecule has 3 N–H and O–H groups in total. The zero-order valence-corrected chi connectivity index (χ0v) is 9.57. The van der Waals surface area contributed by atoms with Crippen LogP contribution in [0.3, 0.4) is 0 Å². The molecule has 0 aromatic heterocycles. The minimum absolute atomic E-state index is 0.267. The van der Waals surface area contributed by atoms with Crippen molar-refractivity contribution in [1.82, 2.24) is 5.32 Å². The molecule has 0 saturated heterocycles. The zero-order chi connectivity index (χ0) is 11.5. The van der Waals surface area contributed by atoms with Gasteiger partial charge in [-0.2, -0.15) is 0 Å². The Kier molecular flexibility index (Phi) is 3.25. The lowest BCUT2D eigenvalue weighted by Crippen LogP contribution is -2.41. The van der Waals surface area contributed by atoms with Crippen molar-refractivity contribution < 1.29 is 4.79 Å². The van der Waals surface area contributed by atoms with Crippen molar-refractivity contribution in [3.8, 4) is 0 Å². The maximum atomic E-state index is 11.0. The molecular formula is C13H18N2O. The van der Waals surface area contributed by atoms with Gasteiger partial charge in [0.2, 0.25) is 5.91 Å². The van der Waals surface area contributed by atoms with E-state index in [-0.39, 0.29) is 18.0 Å². The summed E-state index contributed by atoms with van der Waals surface area (Å²) in [6.07, 6.45) is 3.38. The topological polar surface area (TPSA) is 55.1 Å². The highest BCUT2D eigenvalue weighted by molar-refractivity contribution is 5.79. The van der Waals surface area contributed by atoms with Gasteiger partial charge in [-0.25, -0.2) is 0 Å². The summed E-state index contributed by atoms with van der Waals surface area (Å²) >= 11 is 0. The molecule has 0 bridgehead atoms. The number of rotatable bonds is 3. The van der Waals surface area contributed by atoms with Gasteiger partial charge in [0.15, 0.2) is 0 Å². The van der Waals surface area contributed by atoms with Gasteiger partial charge in [0.1, 0.15) is 0 Å². The summed E-state index contributed by atoms with van der Waals surface area (Å²) in [6, 6.07) is 8.42. The fraction of sp³-hybridized carbons (Fsp3) is 0.462. The lowest BCUT2D eigenvalue weighted by atomic mass is 9.87. The number of nitrogens with one attached hydrogen (secondary N) is 1. The first-order valence-corrected chi connectivity index (χ1v) is 5.81. The molecule has 2 rings (SSSR count). The largest absolute Gasteiger partial charge is 0.368 e. The number of benzene rings is 1. The van der Waals surface area contributed by atoms with Crippen molar-refractivity contribution in [1.29, 1.82) is 0 Å². The van der Waals surface area contributed by atoms with Crippen LogP contribution < -0.4 is 11.1 Å². The zero-order valence-electron chi connectivity index (χ0n) is 9.57. The number of fused-ring (bicyclic) bond motifs is 1. The summed E-state index contributed by atoms with van der Waals surface area (Å²) in [5.74, 6) is -0.289. The summed E-state index contributed by atoms with van der Waals surface area (Å²) in [5, 5.41) is 3.30. The molecule has 3 nitrogen and oxygen atoms in total. The van der Waals surface area contributed by atoms with Crippen LogP contribution in [0.15, 0.2) is 24.3 Å². The Labute approximate surface area is 96.0 Å². The van der Waals surface area contributed by atoms with E-state index in [4.69, 9.17) is 5.73 Å². The van der Waals surface area contributed by atoms with Crippen molar-refractivity contribution in [3.05, 3.63) is 35.4 Å². The van der Waals surface area contributed by atoms with Gasteiger partial charge < -0.3 is 5.73 Å². The van der Waals surface area contributed by atoms with Crippen LogP contribution >= 0.6 is 0 Å². The van der Waals surface area contributed by atoms with Gasteiger partial charge in [-0.3, -0.25) is 10.1 Å². The Balaban J connectivity index is 2.16. The van der Waals surface area contributed by atoms with E-state index in [1.807, 2.05) is 13.0 Å². The second-order valence-electron chi connectivity index (χ2n) is 4.43. The predicted octanol–water partition coefficient (Wildman–Crippen LogP) is 1.53. The lowest BCUT2D eigenvalue weighted by Gasteiger charge is -2.28. The maximum absolute atomic E-state index is 11.0. The van der Waals surface area contributed by atoms with Gasteiger partial charge in [-0.1, -0.05) is 24.3 Å². The smallest absolute Gasteiger partial charge is 0.234 e. The van der Waals surface area contributed by atoms with E-state index in [9.17, 15) is 4.79 Å². The number of aryl methyl sites for hydroxylation is 1. The summed E-state index contributed by atoms with van der Waals surface area (Å²) < 4.78 is 0. The maximum Gasteiger partial charge on any atom is 0.234 e. The average molecular weight is 218 g/mol. The van der Waals surface area contributed by atoms with E-state index in [2.05, 4.69) is 23.5 Å². The molecular weight excluding hydrogens is 200 g/mol. The van der Waals surface area contributed by atoms with E-state index in [1.54, 1.807) is 0 Å². The fourth-order valence-corrected chi connectivity index (χ4v) is 2.31. The number of primary amides is 1. The van der Waals surface area contributed by atoms with Crippen LogP contribution in [0.1, 0.15) is 36.9 Å². The lowest BCUT2D eigenvalue weighted by molar-refractivity contribution is -0.119. The van der Waals surface area contributed by atoms with Gasteiger partial charge in [0.05, 0.1) is 6.04 Å². The van der Waals surface area contributed by atoms with Crippen LogP contribution in [0.25, 0.3) is 0 Å². The van der Waals surface area contributed by atoms with Gasteiger partial charge in [0.25, 0.3) is 0 Å². The van der Waals surface area contributed by atoms with Gasteiger partial charge in [-0.05, 0) is 37.3 Å². The summed E-state index contributed by atoms with van der Waals surface area (Å²) in [6.45, 7) is 1.82. The van der Waals surface area contributed by atoms with Gasteiger partial charge in [-0.15, -0.1) is 0 Å². The van der Waals surface area contributed by atoms with Crippen LogP contribution in [0.4, 0.5) is 0 Å². The molecule has 2 atom stereocenters. The highest BCUT2D eigenvalue weighted by atomic mass is 16.1. The third-order valence-electron chi connectivity index (χ3n) is 3.25. The Morgan fingerprint density at radius 1 is 1.50 bits per heavy atom. The molecule has 2 unspecified atom stereocenters. The fourth-order valence-electron chi connectivity index (χ4n) is 2.31. The normalized spacial score (nSPS) is 21.2. The number of nitrogens with two attached hydrogens (primary N) is 1. The number of amides is 1. The Morgan fingerprint density at radius 3 is 3.00 bits per heavy atom. The van der Waals surface area contributed by atoms with E-state index in [0.29, 0.717) is 0 Å². The molecule has 0 saturated carbocycles. The standard InChI is InChI=1S/C13H18N2O/c1-9(13(14)16)15-12-8-4-6-10-5-2-3-7-11(10)12/h2-3,5,7,9,12,15H,4,6,8H2,1H3,(H2,14,16). The molecule has 16 heavy (non-hydrogen) atoms. The molecule has 1 aromatic rings. The first-order chi connectivity index (χ1) is 7.68. The van der Waals surface area contributed by atoms with Crippen LogP contribution in [-0.4, -0.2) is 11.9 Å². The van der Waals surface area contributed by atoms with Crippen LogP contribution in [0, 0.1) is 0 Å². The van der Waals surface area contributed by atoms with Crippen molar-refractivity contribution in [3.63, 3.8) is 0 Å².